The number of carboxylic acids is 1. The number of carbonyl (C=O) groups excluding carboxylic acids is 4. The summed E-state index contributed by atoms with van der Waals surface area (Å²) in [5.74, 6) is -2.90. The zero-order valence-electron chi connectivity index (χ0n) is 33.4. The van der Waals surface area contributed by atoms with E-state index in [0.29, 0.717) is 37.9 Å². The van der Waals surface area contributed by atoms with Crippen LogP contribution >= 0.6 is 0 Å². The molecular formula is C48H58O8. The van der Waals surface area contributed by atoms with E-state index in [1.807, 2.05) is 44.2 Å². The summed E-state index contributed by atoms with van der Waals surface area (Å²) >= 11 is 0. The maximum Gasteiger partial charge on any atom is 0.310 e. The third kappa shape index (κ3) is 8.79. The number of rotatable bonds is 10. The van der Waals surface area contributed by atoms with Crippen LogP contribution in [0.1, 0.15) is 128 Å². The van der Waals surface area contributed by atoms with Crippen LogP contribution in [0.5, 0.6) is 5.75 Å². The number of carbonyl (C=O) groups is 5. The number of allylic oxidation sites excluding steroid dienone is 6. The van der Waals surface area contributed by atoms with Gasteiger partial charge < -0.3 is 14.6 Å². The zero-order chi connectivity index (χ0) is 39.6. The Morgan fingerprint density at radius 2 is 1.70 bits per heavy atom. The van der Waals surface area contributed by atoms with Gasteiger partial charge in [-0.15, -0.1) is 0 Å². The highest BCUT2D eigenvalue weighted by Crippen LogP contribution is 2.58. The second-order valence-electron chi connectivity index (χ2n) is 17.7. The van der Waals surface area contributed by atoms with Crippen molar-refractivity contribution in [2.45, 2.75) is 136 Å². The first-order valence-corrected chi connectivity index (χ1v) is 21.2. The predicted octanol–water partition coefficient (Wildman–Crippen LogP) is 9.88. The summed E-state index contributed by atoms with van der Waals surface area (Å²) in [6.45, 7) is 5.92. The molecule has 0 heterocycles. The standard InChI is InChI=1S/C48H58O8/c1-29(2)42(49)21-31-18-19-32(20-31)34-22-39-30(3)12-11-17-38(39)44(23-34)55-37-25-40-41(26-37)46(52)33(24-45(51)56-36-15-9-10-16-36)13-7-5-4-6-8-14-35-27-48(35,47(53)54)28-43(40)50/h8,11-12,14,17,19-20,22-23,29,33,35-37,40-41H,4-7,9-10,13,15-16,18,21,24-28H2,1-3H3,(H,53,54)/b14-8-. The summed E-state index contributed by atoms with van der Waals surface area (Å²) in [5, 5.41) is 12.3. The molecule has 2 aromatic carbocycles. The quantitative estimate of drug-likeness (QED) is 0.187. The van der Waals surface area contributed by atoms with Gasteiger partial charge in [-0.05, 0) is 118 Å². The summed E-state index contributed by atoms with van der Waals surface area (Å²) in [6, 6.07) is 10.3. The lowest BCUT2D eigenvalue weighted by Gasteiger charge is -2.24. The van der Waals surface area contributed by atoms with Crippen molar-refractivity contribution < 1.29 is 38.6 Å². The Bertz CT molecular complexity index is 1960. The minimum absolute atomic E-state index is 0.00134. The Balaban J connectivity index is 1.18. The molecule has 0 radical (unpaired) electrons. The molecule has 5 aliphatic rings. The highest BCUT2D eigenvalue weighted by atomic mass is 16.5. The maximum absolute atomic E-state index is 14.7. The van der Waals surface area contributed by atoms with Crippen LogP contribution in [0.2, 0.25) is 0 Å². The minimum atomic E-state index is -1.14. The molecule has 0 aromatic heterocycles. The van der Waals surface area contributed by atoms with E-state index in [9.17, 15) is 29.1 Å². The third-order valence-corrected chi connectivity index (χ3v) is 13.3. The van der Waals surface area contributed by atoms with Gasteiger partial charge in [0.05, 0.1) is 11.8 Å². The van der Waals surface area contributed by atoms with Crippen molar-refractivity contribution in [3.63, 3.8) is 0 Å². The first-order chi connectivity index (χ1) is 26.9. The summed E-state index contributed by atoms with van der Waals surface area (Å²) < 4.78 is 12.7. The second kappa shape index (κ2) is 17.0. The molecule has 3 saturated carbocycles. The number of ether oxygens (including phenoxy) is 2. The molecule has 8 heteroatoms. The van der Waals surface area contributed by atoms with Gasteiger partial charge in [0.2, 0.25) is 0 Å². The molecule has 0 amide bonds. The predicted molar refractivity (Wildman–Crippen MR) is 216 cm³/mol. The summed E-state index contributed by atoms with van der Waals surface area (Å²) in [7, 11) is 0. The lowest BCUT2D eigenvalue weighted by Crippen LogP contribution is -2.34. The van der Waals surface area contributed by atoms with Crippen molar-refractivity contribution in [2.75, 3.05) is 0 Å². The number of hydrogen-bond donors (Lipinski definition) is 1. The molecule has 6 atom stereocenters. The Labute approximate surface area is 331 Å². The number of esters is 1. The molecule has 3 fully saturated rings. The fourth-order valence-electron chi connectivity index (χ4n) is 9.77. The monoisotopic (exact) mass is 762 g/mol. The number of benzene rings is 2. The first-order valence-electron chi connectivity index (χ1n) is 21.2. The molecule has 8 nitrogen and oxygen atoms in total. The molecule has 2 aromatic rings. The molecular weight excluding hydrogens is 705 g/mol. The van der Waals surface area contributed by atoms with Crippen molar-refractivity contribution in [1.82, 2.24) is 0 Å². The SMILES string of the molecule is Cc1cccc2c(OC3CC4C(=O)CC5(C(=O)O)CC5/C=C\CCCCCC(CC(=O)OC5CCCC5)C(=O)C4C3)cc(C3=CCC(CC(=O)C(C)C)=C3)cc12. The lowest BCUT2D eigenvalue weighted by atomic mass is 9.78. The molecule has 0 bridgehead atoms. The van der Waals surface area contributed by atoms with Gasteiger partial charge in [-0.2, -0.15) is 0 Å². The zero-order valence-corrected chi connectivity index (χ0v) is 33.4. The van der Waals surface area contributed by atoms with Crippen LogP contribution < -0.4 is 4.74 Å². The molecule has 298 valence electrons. The van der Waals surface area contributed by atoms with Crippen molar-refractivity contribution >= 4 is 45.6 Å². The van der Waals surface area contributed by atoms with Gasteiger partial charge in [0.25, 0.3) is 0 Å². The first kappa shape index (κ1) is 39.9. The van der Waals surface area contributed by atoms with E-state index in [4.69, 9.17) is 9.47 Å². The van der Waals surface area contributed by atoms with Crippen LogP contribution in [0.15, 0.2) is 60.2 Å². The number of hydrogen-bond acceptors (Lipinski definition) is 7. The summed E-state index contributed by atoms with van der Waals surface area (Å²) in [4.78, 5) is 67.6. The van der Waals surface area contributed by atoms with Crippen molar-refractivity contribution in [2.24, 2.45) is 35.0 Å². The smallest absolute Gasteiger partial charge is 0.310 e. The highest BCUT2D eigenvalue weighted by molar-refractivity contribution is 5.97. The Hall–Kier alpha value is -4.33. The van der Waals surface area contributed by atoms with Crippen LogP contribution in [-0.2, 0) is 28.7 Å². The van der Waals surface area contributed by atoms with Crippen LogP contribution in [0.4, 0.5) is 0 Å². The molecule has 7 rings (SSSR count). The number of aryl methyl sites for hydroxylation is 1. The molecule has 1 N–H and O–H groups in total. The average Bonchev–Trinajstić information content (AvgIpc) is 3.59. The maximum atomic E-state index is 14.7. The normalized spacial score (nSPS) is 29.2. The molecule has 0 aliphatic heterocycles. The van der Waals surface area contributed by atoms with Gasteiger partial charge in [0.15, 0.2) is 0 Å². The van der Waals surface area contributed by atoms with Gasteiger partial charge in [-0.25, -0.2) is 0 Å². The van der Waals surface area contributed by atoms with Gasteiger partial charge in [0.1, 0.15) is 35.3 Å². The van der Waals surface area contributed by atoms with Crippen LogP contribution in [0.25, 0.3) is 16.3 Å². The average molecular weight is 763 g/mol. The number of carboxylic acid groups (broad SMARTS) is 1. The van der Waals surface area contributed by atoms with Gasteiger partial charge in [-0.3, -0.25) is 24.0 Å². The Kier molecular flexibility index (Phi) is 12.1. The van der Waals surface area contributed by atoms with Crippen molar-refractivity contribution in [1.29, 1.82) is 0 Å². The van der Waals surface area contributed by atoms with Gasteiger partial charge in [-0.1, -0.05) is 74.8 Å². The number of ketones is 3. The highest BCUT2D eigenvalue weighted by Gasteiger charge is 2.61. The summed E-state index contributed by atoms with van der Waals surface area (Å²) in [6.07, 6.45) is 17.5. The van der Waals surface area contributed by atoms with Crippen molar-refractivity contribution in [3.05, 3.63) is 71.3 Å². The van der Waals surface area contributed by atoms with E-state index in [1.54, 1.807) is 0 Å². The number of aliphatic carboxylic acids is 1. The molecule has 56 heavy (non-hydrogen) atoms. The Morgan fingerprint density at radius 1 is 0.929 bits per heavy atom. The van der Waals surface area contributed by atoms with E-state index in [-0.39, 0.29) is 54.1 Å². The van der Waals surface area contributed by atoms with Crippen LogP contribution in [0, 0.1) is 41.9 Å². The fourth-order valence-corrected chi connectivity index (χ4v) is 9.77. The lowest BCUT2D eigenvalue weighted by molar-refractivity contribution is -0.152. The van der Waals surface area contributed by atoms with E-state index in [1.165, 1.54) is 0 Å². The molecule has 6 unspecified atom stereocenters. The third-order valence-electron chi connectivity index (χ3n) is 13.3. The second-order valence-corrected chi connectivity index (χ2v) is 17.7. The number of fused-ring (bicyclic) bond motifs is 3. The molecule has 0 spiro atoms. The molecule has 5 aliphatic carbocycles. The van der Waals surface area contributed by atoms with Gasteiger partial charge >= 0.3 is 11.9 Å². The topological polar surface area (TPSA) is 124 Å². The largest absolute Gasteiger partial charge is 0.490 e. The fraction of sp³-hybridized carbons (Fsp3) is 0.562. The Morgan fingerprint density at radius 3 is 2.46 bits per heavy atom. The molecule has 0 saturated heterocycles. The van der Waals surface area contributed by atoms with Crippen LogP contribution in [0.3, 0.4) is 0 Å². The van der Waals surface area contributed by atoms with E-state index >= 15 is 0 Å². The number of Topliss-reactive ketones (excluding diaryl/α,β-unsaturated/α-hetero) is 3. The van der Waals surface area contributed by atoms with E-state index < -0.39 is 35.2 Å². The minimum Gasteiger partial charge on any atom is -0.490 e. The van der Waals surface area contributed by atoms with Crippen molar-refractivity contribution in [3.8, 4) is 5.75 Å². The van der Waals surface area contributed by atoms with Crippen LogP contribution in [-0.4, -0.2) is 46.6 Å². The van der Waals surface area contributed by atoms with Gasteiger partial charge in [0, 0.05) is 41.9 Å². The van der Waals surface area contributed by atoms with E-state index in [0.717, 1.165) is 90.8 Å². The summed E-state index contributed by atoms with van der Waals surface area (Å²) in [5.41, 5.74) is 3.04. The van der Waals surface area contributed by atoms with E-state index in [2.05, 4.69) is 31.2 Å².